The van der Waals surface area contributed by atoms with E-state index in [9.17, 15) is 8.42 Å². The summed E-state index contributed by atoms with van der Waals surface area (Å²) in [6.07, 6.45) is 4.07. The van der Waals surface area contributed by atoms with E-state index in [-0.39, 0.29) is 11.4 Å². The van der Waals surface area contributed by atoms with Gasteiger partial charge in [0.15, 0.2) is 0 Å². The van der Waals surface area contributed by atoms with E-state index in [4.69, 9.17) is 11.6 Å². The van der Waals surface area contributed by atoms with Crippen molar-refractivity contribution < 1.29 is 8.42 Å². The Morgan fingerprint density at radius 1 is 1.17 bits per heavy atom. The second-order valence-electron chi connectivity index (χ2n) is 5.50. The Morgan fingerprint density at radius 3 is 2.70 bits per heavy atom. The maximum atomic E-state index is 12.3. The Balaban J connectivity index is 1.71. The fourth-order valence-electron chi connectivity index (χ4n) is 2.59. The number of hydrogen-bond acceptors (Lipinski definition) is 4. The molecule has 0 unspecified atom stereocenters. The number of pyridine rings is 1. The fourth-order valence-corrected chi connectivity index (χ4v) is 3.90. The lowest BCUT2D eigenvalue weighted by molar-refractivity contribution is 0.581. The molecular weight excluding hydrogens is 334 g/mol. The molecule has 0 aliphatic carbocycles. The molecule has 0 amide bonds. The monoisotopic (exact) mass is 351 g/mol. The molecule has 0 atom stereocenters. The molecule has 1 aliphatic rings. The van der Waals surface area contributed by atoms with Crippen molar-refractivity contribution in [2.75, 3.05) is 18.0 Å². The molecule has 7 heteroatoms. The molecular formula is C16H18ClN3O2S. The first-order valence-electron chi connectivity index (χ1n) is 7.50. The van der Waals surface area contributed by atoms with E-state index in [1.165, 1.54) is 25.0 Å². The highest BCUT2D eigenvalue weighted by Gasteiger charge is 2.16. The van der Waals surface area contributed by atoms with E-state index in [2.05, 4.69) is 14.6 Å². The Kier molecular flexibility index (Phi) is 4.84. The summed E-state index contributed by atoms with van der Waals surface area (Å²) in [5.74, 6) is 0.905. The molecule has 1 aliphatic heterocycles. The van der Waals surface area contributed by atoms with Gasteiger partial charge >= 0.3 is 0 Å². The van der Waals surface area contributed by atoms with E-state index in [1.54, 1.807) is 18.3 Å². The molecule has 5 nitrogen and oxygen atoms in total. The molecule has 0 bridgehead atoms. The van der Waals surface area contributed by atoms with E-state index in [0.717, 1.165) is 24.5 Å². The summed E-state index contributed by atoms with van der Waals surface area (Å²) in [4.78, 5) is 6.75. The van der Waals surface area contributed by atoms with Crippen LogP contribution in [0.1, 0.15) is 18.4 Å². The number of nitrogens with zero attached hydrogens (tertiary/aromatic N) is 2. The normalized spacial score (nSPS) is 15.1. The van der Waals surface area contributed by atoms with Crippen LogP contribution in [0.25, 0.3) is 0 Å². The van der Waals surface area contributed by atoms with Crippen LogP contribution >= 0.6 is 11.6 Å². The molecule has 1 aromatic heterocycles. The van der Waals surface area contributed by atoms with Gasteiger partial charge in [-0.3, -0.25) is 0 Å². The highest BCUT2D eigenvalue weighted by Crippen LogP contribution is 2.19. The molecule has 122 valence electrons. The van der Waals surface area contributed by atoms with Crippen molar-refractivity contribution in [2.24, 2.45) is 0 Å². The third kappa shape index (κ3) is 4.02. The Labute approximate surface area is 141 Å². The molecule has 0 radical (unpaired) electrons. The summed E-state index contributed by atoms with van der Waals surface area (Å²) in [6.45, 7) is 2.23. The summed E-state index contributed by atoms with van der Waals surface area (Å²) in [7, 11) is -3.58. The first kappa shape index (κ1) is 16.2. The van der Waals surface area contributed by atoms with E-state index >= 15 is 0 Å². The minimum absolute atomic E-state index is 0.166. The van der Waals surface area contributed by atoms with Crippen molar-refractivity contribution in [1.29, 1.82) is 0 Å². The lowest BCUT2D eigenvalue weighted by atomic mass is 10.2. The summed E-state index contributed by atoms with van der Waals surface area (Å²) in [5.41, 5.74) is 0.882. The largest absolute Gasteiger partial charge is 0.357 e. The molecule has 1 aromatic carbocycles. The number of anilines is 1. The first-order chi connectivity index (χ1) is 11.0. The van der Waals surface area contributed by atoms with Crippen LogP contribution in [-0.4, -0.2) is 26.5 Å². The number of hydrogen-bond donors (Lipinski definition) is 1. The Morgan fingerprint density at radius 2 is 1.96 bits per heavy atom. The van der Waals surface area contributed by atoms with Gasteiger partial charge in [0.25, 0.3) is 0 Å². The van der Waals surface area contributed by atoms with Crippen LogP contribution in [0.2, 0.25) is 5.02 Å². The Hall–Kier alpha value is -1.63. The van der Waals surface area contributed by atoms with Gasteiger partial charge in [0.1, 0.15) is 5.82 Å². The average Bonchev–Trinajstić information content (AvgIpc) is 3.08. The van der Waals surface area contributed by atoms with E-state index < -0.39 is 10.0 Å². The molecule has 23 heavy (non-hydrogen) atoms. The maximum absolute atomic E-state index is 12.3. The summed E-state index contributed by atoms with van der Waals surface area (Å²) in [6, 6.07) is 9.98. The summed E-state index contributed by atoms with van der Waals surface area (Å²) < 4.78 is 27.2. The standard InChI is InChI=1S/C16H18ClN3O2S/c17-14-4-3-5-15(11-14)23(21,22)19-12-13-6-7-18-16(10-13)20-8-1-2-9-20/h3-7,10-11,19H,1-2,8-9,12H2. The number of halogens is 1. The van der Waals surface area contributed by atoms with Gasteiger partial charge in [0.05, 0.1) is 4.90 Å². The molecule has 1 saturated heterocycles. The number of sulfonamides is 1. The van der Waals surface area contributed by atoms with Crippen LogP contribution in [0.15, 0.2) is 47.5 Å². The third-order valence-electron chi connectivity index (χ3n) is 3.81. The number of rotatable bonds is 5. The highest BCUT2D eigenvalue weighted by atomic mass is 35.5. The molecule has 3 rings (SSSR count). The van der Waals surface area contributed by atoms with Crippen LogP contribution in [0.3, 0.4) is 0 Å². The van der Waals surface area contributed by atoms with Crippen molar-refractivity contribution >= 4 is 27.4 Å². The van der Waals surface area contributed by atoms with Crippen molar-refractivity contribution in [3.05, 3.63) is 53.2 Å². The van der Waals surface area contributed by atoms with Gasteiger partial charge < -0.3 is 4.90 Å². The second-order valence-corrected chi connectivity index (χ2v) is 7.70. The van der Waals surface area contributed by atoms with Gasteiger partial charge in [-0.1, -0.05) is 17.7 Å². The van der Waals surface area contributed by atoms with Crippen molar-refractivity contribution in [3.63, 3.8) is 0 Å². The number of nitrogens with one attached hydrogen (secondary N) is 1. The molecule has 2 heterocycles. The summed E-state index contributed by atoms with van der Waals surface area (Å²) >= 11 is 5.86. The molecule has 2 aromatic rings. The van der Waals surface area contributed by atoms with Gasteiger partial charge in [0, 0.05) is 30.9 Å². The zero-order valence-corrected chi connectivity index (χ0v) is 14.1. The van der Waals surface area contributed by atoms with Crippen LogP contribution in [0.4, 0.5) is 5.82 Å². The van der Waals surface area contributed by atoms with Gasteiger partial charge in [0.2, 0.25) is 10.0 Å². The quantitative estimate of drug-likeness (QED) is 0.899. The minimum Gasteiger partial charge on any atom is -0.357 e. The lowest BCUT2D eigenvalue weighted by Gasteiger charge is -2.17. The van der Waals surface area contributed by atoms with Crippen LogP contribution < -0.4 is 9.62 Å². The van der Waals surface area contributed by atoms with E-state index in [1.807, 2.05) is 12.1 Å². The maximum Gasteiger partial charge on any atom is 0.240 e. The van der Waals surface area contributed by atoms with Gasteiger partial charge in [-0.05, 0) is 48.7 Å². The topological polar surface area (TPSA) is 62.3 Å². The molecule has 0 spiro atoms. The van der Waals surface area contributed by atoms with Gasteiger partial charge in [-0.15, -0.1) is 0 Å². The van der Waals surface area contributed by atoms with Crippen molar-refractivity contribution in [2.45, 2.75) is 24.3 Å². The molecule has 1 N–H and O–H groups in total. The van der Waals surface area contributed by atoms with Crippen LogP contribution in [0.5, 0.6) is 0 Å². The fraction of sp³-hybridized carbons (Fsp3) is 0.312. The minimum atomic E-state index is -3.58. The third-order valence-corrected chi connectivity index (χ3v) is 5.45. The van der Waals surface area contributed by atoms with Crippen molar-refractivity contribution in [1.82, 2.24) is 9.71 Å². The molecule has 0 saturated carbocycles. The zero-order chi connectivity index (χ0) is 16.3. The zero-order valence-electron chi connectivity index (χ0n) is 12.6. The second kappa shape index (κ2) is 6.86. The summed E-state index contributed by atoms with van der Waals surface area (Å²) in [5, 5.41) is 0.396. The SMILES string of the molecule is O=S(=O)(NCc1ccnc(N2CCCC2)c1)c1cccc(Cl)c1. The lowest BCUT2D eigenvalue weighted by Crippen LogP contribution is -2.24. The predicted octanol–water partition coefficient (Wildman–Crippen LogP) is 2.81. The van der Waals surface area contributed by atoms with Crippen LogP contribution in [0, 0.1) is 0 Å². The smallest absolute Gasteiger partial charge is 0.240 e. The Bertz CT molecular complexity index is 789. The first-order valence-corrected chi connectivity index (χ1v) is 9.36. The van der Waals surface area contributed by atoms with Gasteiger partial charge in [-0.25, -0.2) is 18.1 Å². The number of aromatic nitrogens is 1. The average molecular weight is 352 g/mol. The van der Waals surface area contributed by atoms with Crippen molar-refractivity contribution in [3.8, 4) is 0 Å². The number of benzene rings is 1. The van der Waals surface area contributed by atoms with Crippen LogP contribution in [-0.2, 0) is 16.6 Å². The highest BCUT2D eigenvalue weighted by molar-refractivity contribution is 7.89. The molecule has 1 fully saturated rings. The predicted molar refractivity (Wildman–Crippen MR) is 91.2 cm³/mol. The van der Waals surface area contributed by atoms with Gasteiger partial charge in [-0.2, -0.15) is 0 Å². The van der Waals surface area contributed by atoms with E-state index in [0.29, 0.717) is 5.02 Å².